The van der Waals surface area contributed by atoms with Crippen LogP contribution in [0.5, 0.6) is 0 Å². The van der Waals surface area contributed by atoms with E-state index in [9.17, 15) is 5.11 Å². The Kier molecular flexibility index (Phi) is 7.31. The topological polar surface area (TPSA) is 65.3 Å². The molecule has 0 heterocycles. The highest BCUT2D eigenvalue weighted by Gasteiger charge is 2.15. The van der Waals surface area contributed by atoms with Crippen LogP contribution in [-0.2, 0) is 4.74 Å². The lowest BCUT2D eigenvalue weighted by atomic mass is 9.91. The van der Waals surface area contributed by atoms with Gasteiger partial charge in [-0.15, -0.1) is 0 Å². The second-order valence-corrected chi connectivity index (χ2v) is 4.39. The Balaban J connectivity index is 3.37. The molecule has 4 nitrogen and oxygen atoms in total. The monoisotopic (exact) mass is 214 g/mol. The molecule has 2 N–H and O–H groups in total. The number of nitriles is 1. The van der Waals surface area contributed by atoms with Gasteiger partial charge in [0.15, 0.2) is 0 Å². The predicted molar refractivity (Wildman–Crippen MR) is 59.4 cm³/mol. The molecule has 0 amide bonds. The van der Waals surface area contributed by atoms with Gasteiger partial charge in [-0.2, -0.15) is 5.26 Å². The zero-order valence-electron chi connectivity index (χ0n) is 9.92. The smallest absolute Gasteiger partial charge is 0.0785 e. The minimum atomic E-state index is -0.397. The first kappa shape index (κ1) is 14.4. The van der Waals surface area contributed by atoms with Crippen molar-refractivity contribution in [3.8, 4) is 6.07 Å². The van der Waals surface area contributed by atoms with Gasteiger partial charge in [-0.05, 0) is 39.8 Å². The molecule has 4 heteroatoms. The van der Waals surface area contributed by atoms with Crippen molar-refractivity contribution in [1.82, 2.24) is 5.32 Å². The minimum absolute atomic E-state index is 0.266. The van der Waals surface area contributed by atoms with E-state index in [2.05, 4.69) is 11.4 Å². The van der Waals surface area contributed by atoms with Crippen LogP contribution in [0.1, 0.15) is 26.7 Å². The fourth-order valence-corrected chi connectivity index (χ4v) is 1.13. The predicted octanol–water partition coefficient (Wildman–Crippen LogP) is 0.913. The normalized spacial score (nSPS) is 13.5. The Hall–Kier alpha value is -0.630. The van der Waals surface area contributed by atoms with E-state index in [1.165, 1.54) is 0 Å². The van der Waals surface area contributed by atoms with E-state index < -0.39 is 6.10 Å². The first-order chi connectivity index (χ1) is 7.02. The molecular weight excluding hydrogens is 192 g/mol. The summed E-state index contributed by atoms with van der Waals surface area (Å²) in [5, 5.41) is 21.3. The lowest BCUT2D eigenvalue weighted by molar-refractivity contribution is 0.0594. The molecule has 0 saturated carbocycles. The largest absolute Gasteiger partial charge is 0.391 e. The van der Waals surface area contributed by atoms with Gasteiger partial charge in [-0.25, -0.2) is 0 Å². The third-order valence-electron chi connectivity index (χ3n) is 2.24. The molecule has 0 fully saturated rings. The van der Waals surface area contributed by atoms with Gasteiger partial charge in [0.2, 0.25) is 0 Å². The standard InChI is InChI=1S/C11H22N2O2/c1-11(2,9-12)5-7-13-6-4-10(14)8-15-3/h10,13-14H,4-8H2,1-3H3. The Labute approximate surface area is 92.2 Å². The molecule has 15 heavy (non-hydrogen) atoms. The van der Waals surface area contributed by atoms with E-state index in [4.69, 9.17) is 10.00 Å². The first-order valence-electron chi connectivity index (χ1n) is 5.31. The van der Waals surface area contributed by atoms with Crippen LogP contribution in [0.4, 0.5) is 0 Å². The molecule has 0 radical (unpaired) electrons. The number of hydrogen-bond acceptors (Lipinski definition) is 4. The van der Waals surface area contributed by atoms with Crippen LogP contribution in [0, 0.1) is 16.7 Å². The van der Waals surface area contributed by atoms with Crippen LogP contribution in [0.2, 0.25) is 0 Å². The first-order valence-corrected chi connectivity index (χ1v) is 5.31. The van der Waals surface area contributed by atoms with Gasteiger partial charge in [0, 0.05) is 7.11 Å². The van der Waals surface area contributed by atoms with Crippen molar-refractivity contribution in [2.45, 2.75) is 32.8 Å². The summed E-state index contributed by atoms with van der Waals surface area (Å²) in [7, 11) is 1.58. The highest BCUT2D eigenvalue weighted by atomic mass is 16.5. The van der Waals surface area contributed by atoms with Crippen LogP contribution < -0.4 is 5.32 Å². The number of aliphatic hydroxyl groups is 1. The maximum atomic E-state index is 9.34. The van der Waals surface area contributed by atoms with Crippen molar-refractivity contribution in [2.24, 2.45) is 5.41 Å². The average Bonchev–Trinajstić information content (AvgIpc) is 2.17. The van der Waals surface area contributed by atoms with Crippen molar-refractivity contribution >= 4 is 0 Å². The van der Waals surface area contributed by atoms with Crippen molar-refractivity contribution in [1.29, 1.82) is 5.26 Å². The molecule has 0 aliphatic carbocycles. The average molecular weight is 214 g/mol. The van der Waals surface area contributed by atoms with Crippen LogP contribution in [0.25, 0.3) is 0 Å². The summed E-state index contributed by atoms with van der Waals surface area (Å²) < 4.78 is 4.81. The van der Waals surface area contributed by atoms with Crippen LogP contribution in [0.3, 0.4) is 0 Å². The van der Waals surface area contributed by atoms with Gasteiger partial charge in [0.1, 0.15) is 0 Å². The Morgan fingerprint density at radius 2 is 2.13 bits per heavy atom. The van der Waals surface area contributed by atoms with E-state index in [0.29, 0.717) is 13.0 Å². The molecule has 0 spiro atoms. The molecule has 0 saturated heterocycles. The molecular formula is C11H22N2O2. The number of nitrogens with one attached hydrogen (secondary N) is 1. The zero-order chi connectivity index (χ0) is 11.7. The summed E-state index contributed by atoms with van der Waals surface area (Å²) in [5.74, 6) is 0. The maximum Gasteiger partial charge on any atom is 0.0785 e. The van der Waals surface area contributed by atoms with Gasteiger partial charge in [0.25, 0.3) is 0 Å². The minimum Gasteiger partial charge on any atom is -0.391 e. The van der Waals surface area contributed by atoms with Crippen LogP contribution in [-0.4, -0.2) is 38.0 Å². The molecule has 0 aliphatic rings. The Bertz CT molecular complexity index is 199. The van der Waals surface area contributed by atoms with Crippen LogP contribution in [0.15, 0.2) is 0 Å². The van der Waals surface area contributed by atoms with E-state index in [0.717, 1.165) is 19.5 Å². The molecule has 1 atom stereocenters. The molecule has 88 valence electrons. The quantitative estimate of drug-likeness (QED) is 0.589. The zero-order valence-corrected chi connectivity index (χ0v) is 9.92. The summed E-state index contributed by atoms with van der Waals surface area (Å²) in [6.45, 7) is 5.79. The van der Waals surface area contributed by atoms with Gasteiger partial charge in [-0.1, -0.05) is 0 Å². The molecule has 0 aromatic rings. The second-order valence-electron chi connectivity index (χ2n) is 4.39. The van der Waals surface area contributed by atoms with E-state index in [1.54, 1.807) is 7.11 Å². The summed E-state index contributed by atoms with van der Waals surface area (Å²) in [4.78, 5) is 0. The van der Waals surface area contributed by atoms with Gasteiger partial charge in [-0.3, -0.25) is 0 Å². The SMILES string of the molecule is COCC(O)CCNCCC(C)(C)C#N. The number of rotatable bonds is 8. The third kappa shape index (κ3) is 8.37. The highest BCUT2D eigenvalue weighted by molar-refractivity contribution is 4.91. The van der Waals surface area contributed by atoms with E-state index in [-0.39, 0.29) is 5.41 Å². The summed E-state index contributed by atoms with van der Waals surface area (Å²) in [6.07, 6.45) is 1.11. The second kappa shape index (κ2) is 7.63. The molecule has 0 aromatic carbocycles. The molecule has 0 bridgehead atoms. The fourth-order valence-electron chi connectivity index (χ4n) is 1.13. The Morgan fingerprint density at radius 1 is 1.47 bits per heavy atom. The van der Waals surface area contributed by atoms with Gasteiger partial charge < -0.3 is 15.2 Å². The van der Waals surface area contributed by atoms with Crippen molar-refractivity contribution in [3.63, 3.8) is 0 Å². The van der Waals surface area contributed by atoms with Crippen molar-refractivity contribution in [2.75, 3.05) is 26.8 Å². The third-order valence-corrected chi connectivity index (χ3v) is 2.24. The molecule has 0 rings (SSSR count). The summed E-state index contributed by atoms with van der Waals surface area (Å²) in [6, 6.07) is 2.25. The number of hydrogen-bond donors (Lipinski definition) is 2. The lowest BCUT2D eigenvalue weighted by Gasteiger charge is -2.15. The number of methoxy groups -OCH3 is 1. The summed E-state index contributed by atoms with van der Waals surface area (Å²) in [5.41, 5.74) is -0.266. The number of nitrogens with zero attached hydrogens (tertiary/aromatic N) is 1. The highest BCUT2D eigenvalue weighted by Crippen LogP contribution is 2.16. The van der Waals surface area contributed by atoms with Gasteiger partial charge in [0.05, 0.1) is 24.2 Å². The van der Waals surface area contributed by atoms with Crippen molar-refractivity contribution in [3.05, 3.63) is 0 Å². The Morgan fingerprint density at radius 3 is 2.67 bits per heavy atom. The van der Waals surface area contributed by atoms with Gasteiger partial charge >= 0.3 is 0 Å². The molecule has 0 aromatic heterocycles. The van der Waals surface area contributed by atoms with E-state index >= 15 is 0 Å². The maximum absolute atomic E-state index is 9.34. The summed E-state index contributed by atoms with van der Waals surface area (Å²) >= 11 is 0. The van der Waals surface area contributed by atoms with E-state index in [1.807, 2.05) is 13.8 Å². The number of ether oxygens (including phenoxy) is 1. The fraction of sp³-hybridized carbons (Fsp3) is 0.909. The van der Waals surface area contributed by atoms with Crippen molar-refractivity contribution < 1.29 is 9.84 Å². The molecule has 1 unspecified atom stereocenters. The molecule has 0 aliphatic heterocycles. The van der Waals surface area contributed by atoms with Crippen LogP contribution >= 0.6 is 0 Å². The number of aliphatic hydroxyl groups excluding tert-OH is 1. The lowest BCUT2D eigenvalue weighted by Crippen LogP contribution is -2.26.